The van der Waals surface area contributed by atoms with Crippen LogP contribution in [0.1, 0.15) is 40.7 Å². The Morgan fingerprint density at radius 3 is 1.96 bits per heavy atom. The van der Waals surface area contributed by atoms with Crippen molar-refractivity contribution in [2.75, 3.05) is 39.8 Å². The van der Waals surface area contributed by atoms with E-state index in [0.29, 0.717) is 34.9 Å². The lowest BCUT2D eigenvalue weighted by Gasteiger charge is -2.52. The first-order valence-electron chi connectivity index (χ1n) is 15.0. The molecule has 2 bridgehead atoms. The van der Waals surface area contributed by atoms with Gasteiger partial charge in [0.25, 0.3) is 5.91 Å². The van der Waals surface area contributed by atoms with Crippen LogP contribution in [0.5, 0.6) is 5.75 Å². The van der Waals surface area contributed by atoms with Crippen LogP contribution in [0.15, 0.2) is 84.9 Å². The number of carbonyl (C=O) groups is 3. The number of ether oxygens (including phenoxy) is 2. The van der Waals surface area contributed by atoms with E-state index in [1.54, 1.807) is 43.5 Å². The number of halogens is 3. The predicted octanol–water partition coefficient (Wildman–Crippen LogP) is 3.20. The molecule has 2 N–H and O–H groups in total. The lowest BCUT2D eigenvalue weighted by molar-refractivity contribution is -0.946. The van der Waals surface area contributed by atoms with Gasteiger partial charge in [0.2, 0.25) is 5.60 Å². The smallest absolute Gasteiger partial charge is 0.430 e. The highest BCUT2D eigenvalue weighted by atomic mass is 19.4. The molecule has 3 aromatic rings. The molecule has 0 unspecified atom stereocenters. The second-order valence-electron chi connectivity index (χ2n) is 11.5. The van der Waals surface area contributed by atoms with Crippen LogP contribution in [0, 0.1) is 5.92 Å². The molecule has 0 saturated carbocycles. The van der Waals surface area contributed by atoms with Crippen LogP contribution in [0.4, 0.5) is 13.2 Å². The molecular weight excluding hydrogens is 605 g/mol. The highest BCUT2D eigenvalue weighted by Gasteiger charge is 2.50. The number of nitrogens with one attached hydrogen (secondary N) is 1. The summed E-state index contributed by atoms with van der Waals surface area (Å²) in [6.45, 7) is 4.28. The van der Waals surface area contributed by atoms with Crippen molar-refractivity contribution in [2.24, 2.45) is 5.92 Å². The number of aliphatic carboxylic acids is 1. The molecule has 9 nitrogen and oxygen atoms in total. The number of carbonyl (C=O) groups excluding carboxylic acids is 3. The number of quaternary nitrogens is 1. The largest absolute Gasteiger partial charge is 0.542 e. The maximum Gasteiger partial charge on any atom is 0.430 e. The molecule has 246 valence electrons. The van der Waals surface area contributed by atoms with Gasteiger partial charge >= 0.3 is 12.1 Å². The number of aliphatic hydroxyl groups is 1. The SMILES string of the molecule is COc1ccccc1C(=O)NCCC[N+]12CCC(CC1)[C@@H](OC(=O)C(O)(c1ccccc1)c1ccccc1)C2.O=C([O-])C(F)(F)F. The molecule has 3 heterocycles. The molecule has 0 aromatic heterocycles. The molecule has 3 aliphatic rings. The Bertz CT molecular complexity index is 1440. The minimum atomic E-state index is -5.19. The van der Waals surface area contributed by atoms with E-state index >= 15 is 0 Å². The zero-order chi connectivity index (χ0) is 33.4. The van der Waals surface area contributed by atoms with Crippen molar-refractivity contribution >= 4 is 17.8 Å². The lowest BCUT2D eigenvalue weighted by Crippen LogP contribution is -2.65. The molecule has 0 spiro atoms. The Hall–Kier alpha value is -4.42. The normalized spacial score (nSPS) is 20.5. The number of hydrogen-bond acceptors (Lipinski definition) is 7. The highest BCUT2D eigenvalue weighted by Crippen LogP contribution is 2.38. The molecule has 6 rings (SSSR count). The maximum absolute atomic E-state index is 13.7. The van der Waals surface area contributed by atoms with Crippen LogP contribution in [0.25, 0.3) is 0 Å². The monoisotopic (exact) mass is 642 g/mol. The van der Waals surface area contributed by atoms with Crippen molar-refractivity contribution in [1.29, 1.82) is 0 Å². The molecule has 3 aliphatic heterocycles. The number of alkyl halides is 3. The van der Waals surface area contributed by atoms with Gasteiger partial charge in [0, 0.05) is 31.7 Å². The topological polar surface area (TPSA) is 125 Å². The van der Waals surface area contributed by atoms with Gasteiger partial charge in [-0.2, -0.15) is 13.2 Å². The highest BCUT2D eigenvalue weighted by molar-refractivity contribution is 5.96. The number of para-hydroxylation sites is 1. The summed E-state index contributed by atoms with van der Waals surface area (Å²) in [4.78, 5) is 35.1. The first kappa shape index (κ1) is 34.5. The number of methoxy groups -OCH3 is 1. The van der Waals surface area contributed by atoms with Gasteiger partial charge in [0.15, 0.2) is 6.10 Å². The number of benzene rings is 3. The molecule has 0 aliphatic carbocycles. The van der Waals surface area contributed by atoms with Crippen molar-refractivity contribution in [3.63, 3.8) is 0 Å². The standard InChI is InChI=1S/C32H36N2O5.C2HF3O2/c1-38-28-16-9-8-15-27(28)30(35)33-19-10-20-34-21-17-24(18-22-34)29(23-34)39-31(36)32(37,25-11-4-2-5-12-25)26-13-6-3-7-14-26;3-2(4,5)1(6)7/h2-9,11-16,24,29,37H,10,17-23H2,1H3;(H,6,7)/t24?,29-,34?;/m0./s1. The Kier molecular flexibility index (Phi) is 11.1. The van der Waals surface area contributed by atoms with Gasteiger partial charge in [-0.25, -0.2) is 4.79 Å². The summed E-state index contributed by atoms with van der Waals surface area (Å²) >= 11 is 0. The summed E-state index contributed by atoms with van der Waals surface area (Å²) in [6, 6.07) is 25.2. The summed E-state index contributed by atoms with van der Waals surface area (Å²) < 4.78 is 43.9. The zero-order valence-corrected chi connectivity index (χ0v) is 25.4. The van der Waals surface area contributed by atoms with Gasteiger partial charge in [-0.15, -0.1) is 0 Å². The van der Waals surface area contributed by atoms with E-state index in [-0.39, 0.29) is 12.0 Å². The van der Waals surface area contributed by atoms with Crippen molar-refractivity contribution in [3.8, 4) is 5.75 Å². The Labute approximate surface area is 265 Å². The number of piperidine rings is 3. The van der Waals surface area contributed by atoms with Gasteiger partial charge in [-0.1, -0.05) is 72.8 Å². The number of amides is 1. The molecule has 0 radical (unpaired) electrons. The number of esters is 1. The van der Waals surface area contributed by atoms with Crippen molar-refractivity contribution < 1.29 is 51.7 Å². The van der Waals surface area contributed by atoms with Crippen molar-refractivity contribution in [1.82, 2.24) is 5.32 Å². The lowest BCUT2D eigenvalue weighted by atomic mass is 9.82. The summed E-state index contributed by atoms with van der Waals surface area (Å²) in [7, 11) is 1.56. The maximum atomic E-state index is 13.7. The summed E-state index contributed by atoms with van der Waals surface area (Å²) in [6.07, 6.45) is -2.65. The van der Waals surface area contributed by atoms with E-state index < -0.39 is 23.7 Å². The number of carboxylic acid groups (broad SMARTS) is 1. The quantitative estimate of drug-likeness (QED) is 0.198. The van der Waals surface area contributed by atoms with Crippen molar-refractivity contribution in [3.05, 3.63) is 102 Å². The molecule has 12 heteroatoms. The molecule has 46 heavy (non-hydrogen) atoms. The Morgan fingerprint density at radius 1 is 0.913 bits per heavy atom. The van der Waals surface area contributed by atoms with Gasteiger partial charge in [0.05, 0.1) is 32.3 Å². The average molecular weight is 643 g/mol. The summed E-state index contributed by atoms with van der Waals surface area (Å²) in [5, 5.41) is 23.6. The third kappa shape index (κ3) is 8.04. The van der Waals surface area contributed by atoms with Crippen molar-refractivity contribution in [2.45, 2.75) is 37.1 Å². The minimum absolute atomic E-state index is 0.141. The van der Waals surface area contributed by atoms with E-state index in [0.717, 1.165) is 49.9 Å². The molecule has 3 aromatic carbocycles. The van der Waals surface area contributed by atoms with Gasteiger partial charge in [-0.3, -0.25) is 4.79 Å². The fourth-order valence-corrected chi connectivity index (χ4v) is 6.20. The predicted molar refractivity (Wildman–Crippen MR) is 159 cm³/mol. The third-order valence-corrected chi connectivity index (χ3v) is 8.66. The minimum Gasteiger partial charge on any atom is -0.542 e. The number of rotatable bonds is 10. The van der Waals surface area contributed by atoms with Gasteiger partial charge < -0.3 is 34.3 Å². The van der Waals surface area contributed by atoms with Crippen LogP contribution in [-0.4, -0.2) is 79.5 Å². The second-order valence-corrected chi connectivity index (χ2v) is 11.5. The second kappa shape index (κ2) is 14.8. The molecule has 1 amide bonds. The van der Waals surface area contributed by atoms with E-state index in [9.17, 15) is 27.9 Å². The van der Waals surface area contributed by atoms with E-state index in [2.05, 4.69) is 5.32 Å². The fourth-order valence-electron chi connectivity index (χ4n) is 6.20. The average Bonchev–Trinajstić information content (AvgIpc) is 3.07. The molecule has 3 saturated heterocycles. The fraction of sp³-hybridized carbons (Fsp3) is 0.382. The van der Waals surface area contributed by atoms with Crippen LogP contribution < -0.4 is 15.2 Å². The zero-order valence-electron chi connectivity index (χ0n) is 25.4. The van der Waals surface area contributed by atoms with Crippen LogP contribution in [-0.2, 0) is 19.9 Å². The van der Waals surface area contributed by atoms with Crippen LogP contribution in [0.3, 0.4) is 0 Å². The number of fused-ring (bicyclic) bond motifs is 3. The molecule has 1 atom stereocenters. The third-order valence-electron chi connectivity index (χ3n) is 8.66. The van der Waals surface area contributed by atoms with E-state index in [1.807, 2.05) is 48.5 Å². The number of hydrogen-bond donors (Lipinski definition) is 2. The summed E-state index contributed by atoms with van der Waals surface area (Å²) in [5.41, 5.74) is -0.348. The van der Waals surface area contributed by atoms with Gasteiger partial charge in [-0.05, 0) is 23.3 Å². The van der Waals surface area contributed by atoms with E-state index in [1.165, 1.54) is 0 Å². The van der Waals surface area contributed by atoms with E-state index in [4.69, 9.17) is 19.4 Å². The summed E-state index contributed by atoms with van der Waals surface area (Å²) in [5.74, 6) is -2.91. The first-order valence-corrected chi connectivity index (χ1v) is 15.0. The number of nitrogens with zero attached hydrogens (tertiary/aromatic N) is 1. The number of carboxylic acids is 1. The molecular formula is C34H37F3N2O7. The molecule has 3 fully saturated rings. The Balaban J connectivity index is 0.000000617. The first-order chi connectivity index (χ1) is 21.9. The Morgan fingerprint density at radius 2 is 1.43 bits per heavy atom. The van der Waals surface area contributed by atoms with Crippen LogP contribution in [0.2, 0.25) is 0 Å². The van der Waals surface area contributed by atoms with Gasteiger partial charge in [0.1, 0.15) is 18.3 Å². The van der Waals surface area contributed by atoms with Crippen LogP contribution >= 0.6 is 0 Å².